The molecule has 0 bridgehead atoms. The zero-order valence-corrected chi connectivity index (χ0v) is 20.4. The van der Waals surface area contributed by atoms with E-state index in [1.165, 1.54) is 14.2 Å². The molecule has 2 heterocycles. The molecule has 4 rings (SSSR count). The molecule has 2 N–H and O–H groups in total. The summed E-state index contributed by atoms with van der Waals surface area (Å²) in [6.45, 7) is 2.20. The lowest BCUT2D eigenvalue weighted by Crippen LogP contribution is -2.24. The van der Waals surface area contributed by atoms with Gasteiger partial charge in [-0.15, -0.1) is 0 Å². The van der Waals surface area contributed by atoms with Crippen molar-refractivity contribution in [2.75, 3.05) is 26.6 Å². The van der Waals surface area contributed by atoms with E-state index < -0.39 is 5.97 Å². The third kappa shape index (κ3) is 4.70. The Hall–Kier alpha value is -3.57. The lowest BCUT2D eigenvalue weighted by atomic mass is 10.2. The summed E-state index contributed by atoms with van der Waals surface area (Å²) in [5, 5.41) is 0.977. The molecule has 11 heteroatoms. The first kappa shape index (κ1) is 23.6. The van der Waals surface area contributed by atoms with Gasteiger partial charge in [-0.3, -0.25) is 9.36 Å². The number of carbonyl (C=O) groups is 1. The molecule has 4 aromatic rings. The monoisotopic (exact) mass is 498 g/mol. The normalized spacial score (nSPS) is 10.9. The number of thiazole rings is 1. The van der Waals surface area contributed by atoms with Crippen LogP contribution in [0.1, 0.15) is 23.0 Å². The number of hydrogen-bond donors (Lipinski definition) is 1. The summed E-state index contributed by atoms with van der Waals surface area (Å²) in [6.07, 6.45) is 0. The van der Waals surface area contributed by atoms with Crippen molar-refractivity contribution in [1.82, 2.24) is 14.5 Å². The van der Waals surface area contributed by atoms with Gasteiger partial charge in [-0.2, -0.15) is 0 Å². The fraction of sp³-hybridized carbons (Fsp3) is 0.217. The van der Waals surface area contributed by atoms with Crippen molar-refractivity contribution in [1.29, 1.82) is 0 Å². The lowest BCUT2D eigenvalue weighted by molar-refractivity contribution is 0.0516. The fourth-order valence-electron chi connectivity index (χ4n) is 3.31. The molecule has 0 radical (unpaired) electrons. The molecule has 2 aromatic heterocycles. The average Bonchev–Trinajstić information content (AvgIpc) is 3.21. The molecule has 0 aliphatic carbocycles. The average molecular weight is 499 g/mol. The van der Waals surface area contributed by atoms with Crippen LogP contribution < -0.4 is 20.8 Å². The SMILES string of the molecule is CCOC(=O)c1nc(N)sc1Sc1nc2cc(OC)c(OC)cc2c(=O)n1Cc1ccccc1. The molecule has 0 aliphatic rings. The Bertz CT molecular complexity index is 1400. The maximum Gasteiger partial charge on any atom is 0.359 e. The van der Waals surface area contributed by atoms with Crippen LogP contribution >= 0.6 is 23.1 Å². The maximum atomic E-state index is 13.6. The summed E-state index contributed by atoms with van der Waals surface area (Å²) < 4.78 is 17.9. The molecule has 0 atom stereocenters. The molecule has 0 fully saturated rings. The van der Waals surface area contributed by atoms with Crippen molar-refractivity contribution in [3.8, 4) is 11.5 Å². The molecule has 0 unspecified atom stereocenters. The smallest absolute Gasteiger partial charge is 0.359 e. The number of fused-ring (bicyclic) bond motifs is 1. The van der Waals surface area contributed by atoms with Crippen LogP contribution in [0.5, 0.6) is 11.5 Å². The van der Waals surface area contributed by atoms with E-state index in [0.717, 1.165) is 28.7 Å². The van der Waals surface area contributed by atoms with E-state index in [2.05, 4.69) is 4.98 Å². The summed E-state index contributed by atoms with van der Waals surface area (Å²) in [5.74, 6) is 0.301. The predicted molar refractivity (Wildman–Crippen MR) is 131 cm³/mol. The molecule has 34 heavy (non-hydrogen) atoms. The highest BCUT2D eigenvalue weighted by atomic mass is 32.2. The third-order valence-electron chi connectivity index (χ3n) is 4.87. The van der Waals surface area contributed by atoms with Crippen LogP contribution in [0.3, 0.4) is 0 Å². The van der Waals surface area contributed by atoms with Gasteiger partial charge in [0.25, 0.3) is 5.56 Å². The van der Waals surface area contributed by atoms with E-state index in [1.54, 1.807) is 23.6 Å². The Kier molecular flexibility index (Phi) is 7.03. The number of rotatable bonds is 8. The number of nitrogen functional groups attached to an aromatic ring is 1. The number of carbonyl (C=O) groups excluding carboxylic acids is 1. The minimum absolute atomic E-state index is 0.0993. The number of methoxy groups -OCH3 is 2. The van der Waals surface area contributed by atoms with Crippen LogP contribution in [0.2, 0.25) is 0 Å². The predicted octanol–water partition coefficient (Wildman–Crippen LogP) is 3.83. The second-order valence-corrected chi connectivity index (χ2v) is 9.27. The Morgan fingerprint density at radius 3 is 2.50 bits per heavy atom. The van der Waals surface area contributed by atoms with E-state index in [4.69, 9.17) is 24.9 Å². The molecule has 0 aliphatic heterocycles. The van der Waals surface area contributed by atoms with Gasteiger partial charge in [-0.25, -0.2) is 14.8 Å². The summed E-state index contributed by atoms with van der Waals surface area (Å²) in [7, 11) is 3.02. The van der Waals surface area contributed by atoms with Crippen LogP contribution in [0.4, 0.5) is 5.13 Å². The van der Waals surface area contributed by atoms with Crippen molar-refractivity contribution in [2.45, 2.75) is 22.8 Å². The molecule has 9 nitrogen and oxygen atoms in total. The zero-order chi connectivity index (χ0) is 24.2. The summed E-state index contributed by atoms with van der Waals surface area (Å²) >= 11 is 2.27. The van der Waals surface area contributed by atoms with Crippen LogP contribution in [-0.2, 0) is 11.3 Å². The molecule has 0 saturated carbocycles. The van der Waals surface area contributed by atoms with Crippen molar-refractivity contribution < 1.29 is 19.0 Å². The first-order chi connectivity index (χ1) is 16.4. The second-order valence-electron chi connectivity index (χ2n) is 7.01. The Balaban J connectivity index is 1.90. The van der Waals surface area contributed by atoms with Gasteiger partial charge in [0.05, 0.1) is 38.3 Å². The van der Waals surface area contributed by atoms with Crippen molar-refractivity contribution in [3.05, 3.63) is 64.1 Å². The number of ether oxygens (including phenoxy) is 3. The van der Waals surface area contributed by atoms with Crippen LogP contribution in [0.15, 0.2) is 56.6 Å². The number of hydrogen-bond acceptors (Lipinski definition) is 10. The molecule has 2 aromatic carbocycles. The number of nitrogens with two attached hydrogens (primary N) is 1. The quantitative estimate of drug-likeness (QED) is 0.285. The van der Waals surface area contributed by atoms with E-state index in [-0.39, 0.29) is 29.5 Å². The molecule has 0 amide bonds. The fourth-order valence-corrected chi connectivity index (χ4v) is 5.31. The summed E-state index contributed by atoms with van der Waals surface area (Å²) in [4.78, 5) is 34.9. The van der Waals surface area contributed by atoms with Gasteiger partial charge >= 0.3 is 5.97 Å². The van der Waals surface area contributed by atoms with Crippen molar-refractivity contribution in [2.24, 2.45) is 0 Å². The standard InChI is InChI=1S/C23H22N4O5S2/c1-4-32-20(29)18-21(33-22(24)26-18)34-23-25-15-11-17(31-3)16(30-2)10-14(15)19(28)27(23)12-13-8-6-5-7-9-13/h5-11H,4,12H2,1-3H3,(H2,24,26). The molecule has 0 spiro atoms. The Morgan fingerprint density at radius 1 is 1.12 bits per heavy atom. The number of anilines is 1. The molecule has 0 saturated heterocycles. The van der Waals surface area contributed by atoms with Gasteiger partial charge in [-0.05, 0) is 30.3 Å². The summed E-state index contributed by atoms with van der Waals surface area (Å²) in [5.41, 5.74) is 7.08. The van der Waals surface area contributed by atoms with Gasteiger partial charge in [0.2, 0.25) is 0 Å². The van der Waals surface area contributed by atoms with Crippen LogP contribution in [0.25, 0.3) is 10.9 Å². The molecule has 176 valence electrons. The third-order valence-corrected chi connectivity index (χ3v) is 6.93. The number of esters is 1. The molecular formula is C23H22N4O5S2. The highest BCUT2D eigenvalue weighted by Crippen LogP contribution is 2.37. The second kappa shape index (κ2) is 10.1. The van der Waals surface area contributed by atoms with Gasteiger partial charge in [-0.1, -0.05) is 41.7 Å². The van der Waals surface area contributed by atoms with E-state index >= 15 is 0 Å². The minimum atomic E-state index is -0.581. The van der Waals surface area contributed by atoms with Gasteiger partial charge in [0, 0.05) is 6.07 Å². The first-order valence-electron chi connectivity index (χ1n) is 10.3. The van der Waals surface area contributed by atoms with E-state index in [9.17, 15) is 9.59 Å². The largest absolute Gasteiger partial charge is 0.493 e. The number of benzene rings is 2. The highest BCUT2D eigenvalue weighted by molar-refractivity contribution is 8.01. The first-order valence-corrected chi connectivity index (χ1v) is 11.9. The highest BCUT2D eigenvalue weighted by Gasteiger charge is 2.23. The number of aromatic nitrogens is 3. The number of nitrogens with zero attached hydrogens (tertiary/aromatic N) is 3. The lowest BCUT2D eigenvalue weighted by Gasteiger charge is -2.15. The Labute approximate surface area is 203 Å². The molecular weight excluding hydrogens is 476 g/mol. The van der Waals surface area contributed by atoms with Crippen molar-refractivity contribution in [3.63, 3.8) is 0 Å². The van der Waals surface area contributed by atoms with E-state index in [1.807, 2.05) is 30.3 Å². The van der Waals surface area contributed by atoms with Crippen LogP contribution in [0, 0.1) is 0 Å². The van der Waals surface area contributed by atoms with Gasteiger partial charge in [0.15, 0.2) is 27.5 Å². The van der Waals surface area contributed by atoms with Gasteiger partial charge < -0.3 is 19.9 Å². The topological polar surface area (TPSA) is 119 Å². The van der Waals surface area contributed by atoms with Gasteiger partial charge in [0.1, 0.15) is 4.21 Å². The Morgan fingerprint density at radius 2 is 1.82 bits per heavy atom. The summed E-state index contributed by atoms with van der Waals surface area (Å²) in [6, 6.07) is 12.8. The minimum Gasteiger partial charge on any atom is -0.493 e. The van der Waals surface area contributed by atoms with E-state index in [0.29, 0.717) is 31.8 Å². The van der Waals surface area contributed by atoms with Crippen molar-refractivity contribution >= 4 is 45.1 Å². The van der Waals surface area contributed by atoms with Crippen LogP contribution in [-0.4, -0.2) is 41.3 Å². The maximum absolute atomic E-state index is 13.6. The zero-order valence-electron chi connectivity index (χ0n) is 18.7.